The lowest BCUT2D eigenvalue weighted by Gasteiger charge is -2.17. The van der Waals surface area contributed by atoms with Crippen LogP contribution in [0.3, 0.4) is 0 Å². The average molecular weight is 288 g/mol. The highest BCUT2D eigenvalue weighted by Crippen LogP contribution is 2.22. The largest absolute Gasteiger partial charge is 0.492 e. The zero-order valence-corrected chi connectivity index (χ0v) is 12.0. The van der Waals surface area contributed by atoms with Crippen molar-refractivity contribution in [3.8, 4) is 5.75 Å². The van der Waals surface area contributed by atoms with E-state index in [0.717, 1.165) is 18.6 Å². The molecular formula is C16H20N2O3. The first kappa shape index (κ1) is 13.9. The maximum Gasteiger partial charge on any atom is 0.225 e. The topological polar surface area (TPSA) is 58.6 Å². The number of nitrogens with one attached hydrogen (secondary N) is 1. The van der Waals surface area contributed by atoms with E-state index in [-0.39, 0.29) is 17.7 Å². The summed E-state index contributed by atoms with van der Waals surface area (Å²) in [6.07, 6.45) is 2.46. The van der Waals surface area contributed by atoms with Crippen LogP contribution in [-0.4, -0.2) is 42.5 Å². The fraction of sp³-hybridized carbons (Fsp3) is 0.500. The predicted octanol–water partition coefficient (Wildman–Crippen LogP) is 1.19. The highest BCUT2D eigenvalue weighted by atomic mass is 16.5. The molecule has 1 saturated heterocycles. The second kappa shape index (κ2) is 6.16. The standard InChI is InChI=1S/C16H20N2O3/c19-15-10-12(16(20)17-13-6-7-13)11-18(15)8-9-21-14-4-2-1-3-5-14/h1-5,12-13H,6-11H2,(H,17,20). The molecule has 1 atom stereocenters. The molecular weight excluding hydrogens is 268 g/mol. The van der Waals surface area contributed by atoms with Crippen LogP contribution in [0.15, 0.2) is 30.3 Å². The van der Waals surface area contributed by atoms with Gasteiger partial charge in [-0.15, -0.1) is 0 Å². The molecule has 2 amide bonds. The highest BCUT2D eigenvalue weighted by molar-refractivity contribution is 5.89. The summed E-state index contributed by atoms with van der Waals surface area (Å²) in [4.78, 5) is 25.6. The summed E-state index contributed by atoms with van der Waals surface area (Å²) in [6, 6.07) is 9.88. The second-order valence-corrected chi connectivity index (χ2v) is 5.69. The Bertz CT molecular complexity index is 514. The Hall–Kier alpha value is -2.04. The Morgan fingerprint density at radius 2 is 2.05 bits per heavy atom. The van der Waals surface area contributed by atoms with Crippen LogP contribution >= 0.6 is 0 Å². The van der Waals surface area contributed by atoms with Crippen LogP contribution in [0.5, 0.6) is 5.75 Å². The lowest BCUT2D eigenvalue weighted by molar-refractivity contribution is -0.129. The van der Waals surface area contributed by atoms with Crippen LogP contribution in [-0.2, 0) is 9.59 Å². The SMILES string of the molecule is O=C(NC1CC1)C1CC(=O)N(CCOc2ccccc2)C1. The van der Waals surface area contributed by atoms with E-state index in [1.165, 1.54) is 0 Å². The van der Waals surface area contributed by atoms with Gasteiger partial charge in [0.15, 0.2) is 0 Å². The van der Waals surface area contributed by atoms with E-state index in [0.29, 0.717) is 32.2 Å². The third kappa shape index (κ3) is 3.74. The number of hydrogen-bond donors (Lipinski definition) is 1. The Morgan fingerprint density at radius 3 is 2.76 bits per heavy atom. The Balaban J connectivity index is 1.43. The minimum Gasteiger partial charge on any atom is -0.492 e. The molecule has 1 aliphatic carbocycles. The number of rotatable bonds is 6. The molecule has 0 bridgehead atoms. The van der Waals surface area contributed by atoms with Gasteiger partial charge in [-0.3, -0.25) is 9.59 Å². The van der Waals surface area contributed by atoms with Gasteiger partial charge in [0, 0.05) is 19.0 Å². The van der Waals surface area contributed by atoms with Crippen LogP contribution in [0.4, 0.5) is 0 Å². The maximum absolute atomic E-state index is 12.0. The summed E-state index contributed by atoms with van der Waals surface area (Å²) in [5.74, 6) is 0.668. The molecule has 1 N–H and O–H groups in total. The summed E-state index contributed by atoms with van der Waals surface area (Å²) in [7, 11) is 0. The summed E-state index contributed by atoms with van der Waals surface area (Å²) < 4.78 is 5.59. The maximum atomic E-state index is 12.0. The first-order valence-corrected chi connectivity index (χ1v) is 7.48. The van der Waals surface area contributed by atoms with Gasteiger partial charge in [-0.25, -0.2) is 0 Å². The first-order valence-electron chi connectivity index (χ1n) is 7.48. The molecule has 1 saturated carbocycles. The minimum absolute atomic E-state index is 0.0253. The van der Waals surface area contributed by atoms with Gasteiger partial charge < -0.3 is 15.0 Å². The number of ether oxygens (including phenoxy) is 1. The van der Waals surface area contributed by atoms with Gasteiger partial charge >= 0.3 is 0 Å². The van der Waals surface area contributed by atoms with Crippen molar-refractivity contribution < 1.29 is 14.3 Å². The summed E-state index contributed by atoms with van der Waals surface area (Å²) in [6.45, 7) is 1.49. The molecule has 2 aliphatic rings. The molecule has 1 aromatic carbocycles. The van der Waals surface area contributed by atoms with Gasteiger partial charge in [-0.05, 0) is 25.0 Å². The third-order valence-electron chi connectivity index (χ3n) is 3.88. The fourth-order valence-corrected chi connectivity index (χ4v) is 2.50. The normalized spacial score (nSPS) is 21.4. The number of likely N-dealkylation sites (tertiary alicyclic amines) is 1. The molecule has 21 heavy (non-hydrogen) atoms. The molecule has 3 rings (SSSR count). The van der Waals surface area contributed by atoms with E-state index in [9.17, 15) is 9.59 Å². The molecule has 1 aromatic rings. The summed E-state index contributed by atoms with van der Waals surface area (Å²) >= 11 is 0. The first-order chi connectivity index (χ1) is 10.2. The average Bonchev–Trinajstić information content (AvgIpc) is 3.22. The summed E-state index contributed by atoms with van der Waals surface area (Å²) in [5.41, 5.74) is 0. The van der Waals surface area contributed by atoms with E-state index in [4.69, 9.17) is 4.74 Å². The number of amides is 2. The number of hydrogen-bond acceptors (Lipinski definition) is 3. The lowest BCUT2D eigenvalue weighted by Crippen LogP contribution is -2.35. The molecule has 1 heterocycles. The van der Waals surface area contributed by atoms with Crippen molar-refractivity contribution in [2.45, 2.75) is 25.3 Å². The van der Waals surface area contributed by atoms with E-state index in [1.807, 2.05) is 30.3 Å². The van der Waals surface area contributed by atoms with Crippen molar-refractivity contribution >= 4 is 11.8 Å². The number of benzene rings is 1. The third-order valence-corrected chi connectivity index (χ3v) is 3.88. The number of carbonyl (C=O) groups is 2. The van der Waals surface area contributed by atoms with Crippen molar-refractivity contribution in [1.29, 1.82) is 0 Å². The van der Waals surface area contributed by atoms with Crippen molar-refractivity contribution in [2.24, 2.45) is 5.92 Å². The molecule has 0 spiro atoms. The van der Waals surface area contributed by atoms with Gasteiger partial charge in [0.25, 0.3) is 0 Å². The van der Waals surface area contributed by atoms with Crippen molar-refractivity contribution in [3.05, 3.63) is 30.3 Å². The zero-order chi connectivity index (χ0) is 14.7. The van der Waals surface area contributed by atoms with Gasteiger partial charge in [0.05, 0.1) is 12.5 Å². The quantitative estimate of drug-likeness (QED) is 0.855. The monoisotopic (exact) mass is 288 g/mol. The van der Waals surface area contributed by atoms with Crippen molar-refractivity contribution in [1.82, 2.24) is 10.2 Å². The Labute approximate surface area is 124 Å². The van der Waals surface area contributed by atoms with Crippen LogP contribution in [0.25, 0.3) is 0 Å². The van der Waals surface area contributed by atoms with Crippen LogP contribution < -0.4 is 10.1 Å². The van der Waals surface area contributed by atoms with E-state index < -0.39 is 0 Å². The zero-order valence-electron chi connectivity index (χ0n) is 12.0. The van der Waals surface area contributed by atoms with Crippen LogP contribution in [0.1, 0.15) is 19.3 Å². The lowest BCUT2D eigenvalue weighted by atomic mass is 10.1. The number of nitrogens with zero attached hydrogens (tertiary/aromatic N) is 1. The molecule has 0 aromatic heterocycles. The molecule has 112 valence electrons. The van der Waals surface area contributed by atoms with Gasteiger partial charge in [0.1, 0.15) is 12.4 Å². The molecule has 1 aliphatic heterocycles. The Kier molecular flexibility index (Phi) is 4.08. The fourth-order valence-electron chi connectivity index (χ4n) is 2.50. The van der Waals surface area contributed by atoms with Crippen molar-refractivity contribution in [2.75, 3.05) is 19.7 Å². The van der Waals surface area contributed by atoms with Gasteiger partial charge in [0.2, 0.25) is 11.8 Å². The molecule has 1 unspecified atom stereocenters. The summed E-state index contributed by atoms with van der Waals surface area (Å²) in [5, 5.41) is 2.97. The van der Waals surface area contributed by atoms with E-state index in [2.05, 4.69) is 5.32 Å². The predicted molar refractivity (Wildman–Crippen MR) is 77.8 cm³/mol. The van der Waals surface area contributed by atoms with Crippen molar-refractivity contribution in [3.63, 3.8) is 0 Å². The molecule has 0 radical (unpaired) electrons. The smallest absolute Gasteiger partial charge is 0.225 e. The number of para-hydroxylation sites is 1. The Morgan fingerprint density at radius 1 is 1.29 bits per heavy atom. The van der Waals surface area contributed by atoms with E-state index >= 15 is 0 Å². The van der Waals surface area contributed by atoms with Crippen LogP contribution in [0, 0.1) is 5.92 Å². The number of carbonyl (C=O) groups excluding carboxylic acids is 2. The molecule has 2 fully saturated rings. The highest BCUT2D eigenvalue weighted by Gasteiger charge is 2.36. The second-order valence-electron chi connectivity index (χ2n) is 5.69. The molecule has 5 heteroatoms. The van der Waals surface area contributed by atoms with Gasteiger partial charge in [-0.2, -0.15) is 0 Å². The molecule has 5 nitrogen and oxygen atoms in total. The minimum atomic E-state index is -0.199. The van der Waals surface area contributed by atoms with E-state index in [1.54, 1.807) is 4.90 Å². The van der Waals surface area contributed by atoms with Gasteiger partial charge in [-0.1, -0.05) is 18.2 Å². The van der Waals surface area contributed by atoms with Crippen LogP contribution in [0.2, 0.25) is 0 Å².